The molecule has 0 bridgehead atoms. The first-order chi connectivity index (χ1) is 17.4. The minimum Gasteiger partial charge on any atom is -0.497 e. The maximum Gasteiger partial charge on any atom is 0.303 e. The molecule has 0 aromatic heterocycles. The van der Waals surface area contributed by atoms with Crippen LogP contribution < -0.4 is 9.47 Å². The molecule has 4 heteroatoms. The number of ether oxygens (including phenoxy) is 2. The highest BCUT2D eigenvalue weighted by molar-refractivity contribution is 5.67. The molecule has 1 aliphatic carbocycles. The van der Waals surface area contributed by atoms with Crippen LogP contribution in [0.25, 0.3) is 0 Å². The molecule has 4 nitrogen and oxygen atoms in total. The molecule has 3 aromatic rings. The van der Waals surface area contributed by atoms with Crippen LogP contribution in [-0.2, 0) is 29.5 Å². The lowest BCUT2D eigenvalue weighted by atomic mass is 9.60. The van der Waals surface area contributed by atoms with Gasteiger partial charge in [0.15, 0.2) is 0 Å². The van der Waals surface area contributed by atoms with Gasteiger partial charge in [-0.25, -0.2) is 0 Å². The van der Waals surface area contributed by atoms with E-state index in [4.69, 9.17) is 14.6 Å². The minimum atomic E-state index is -0.747. The van der Waals surface area contributed by atoms with E-state index in [2.05, 4.69) is 73.7 Å². The van der Waals surface area contributed by atoms with Crippen LogP contribution in [-0.4, -0.2) is 25.3 Å². The van der Waals surface area contributed by atoms with Gasteiger partial charge < -0.3 is 14.6 Å². The summed E-state index contributed by atoms with van der Waals surface area (Å²) in [6.45, 7) is 2.43. The number of fused-ring (bicyclic) bond motifs is 1. The number of carbonyl (C=O) groups is 1. The Morgan fingerprint density at radius 2 is 1.53 bits per heavy atom. The third-order valence-electron chi connectivity index (χ3n) is 8.02. The van der Waals surface area contributed by atoms with E-state index in [0.717, 1.165) is 55.6 Å². The molecule has 1 aliphatic rings. The molecule has 4 rings (SSSR count). The zero-order valence-electron chi connectivity index (χ0n) is 21.8. The molecule has 0 radical (unpaired) electrons. The zero-order chi connectivity index (χ0) is 25.5. The number of carboxylic acid groups (broad SMARTS) is 1. The lowest BCUT2D eigenvalue weighted by Gasteiger charge is -2.44. The Balaban J connectivity index is 1.46. The molecule has 190 valence electrons. The van der Waals surface area contributed by atoms with E-state index < -0.39 is 5.97 Å². The van der Waals surface area contributed by atoms with Crippen molar-refractivity contribution in [2.75, 3.05) is 14.2 Å². The molecule has 2 unspecified atom stereocenters. The van der Waals surface area contributed by atoms with E-state index in [0.29, 0.717) is 12.3 Å². The van der Waals surface area contributed by atoms with Crippen molar-refractivity contribution in [3.63, 3.8) is 0 Å². The largest absolute Gasteiger partial charge is 0.497 e. The van der Waals surface area contributed by atoms with Crippen molar-refractivity contribution in [2.45, 2.75) is 69.6 Å². The van der Waals surface area contributed by atoms with Crippen molar-refractivity contribution in [1.29, 1.82) is 0 Å². The van der Waals surface area contributed by atoms with Gasteiger partial charge in [0, 0.05) is 6.42 Å². The summed E-state index contributed by atoms with van der Waals surface area (Å²) in [6, 6.07) is 23.7. The Morgan fingerprint density at radius 3 is 2.17 bits per heavy atom. The molecule has 0 spiro atoms. The summed E-state index contributed by atoms with van der Waals surface area (Å²) in [5, 5.41) is 8.89. The number of unbranched alkanes of at least 4 members (excludes halogenated alkanes) is 1. The van der Waals surface area contributed by atoms with Crippen LogP contribution in [0.2, 0.25) is 0 Å². The Kier molecular flexibility index (Phi) is 8.35. The Labute approximate surface area is 215 Å². The topological polar surface area (TPSA) is 55.8 Å². The van der Waals surface area contributed by atoms with E-state index in [1.54, 1.807) is 14.2 Å². The van der Waals surface area contributed by atoms with Crippen LogP contribution in [0.1, 0.15) is 72.8 Å². The van der Waals surface area contributed by atoms with E-state index in [9.17, 15) is 4.79 Å². The van der Waals surface area contributed by atoms with Gasteiger partial charge in [0.05, 0.1) is 14.2 Å². The van der Waals surface area contributed by atoms with Crippen molar-refractivity contribution >= 4 is 5.97 Å². The number of aliphatic carboxylic acids is 1. The molecule has 1 N–H and O–H groups in total. The molecular weight excluding hydrogens is 448 g/mol. The van der Waals surface area contributed by atoms with Crippen LogP contribution in [0, 0.1) is 0 Å². The smallest absolute Gasteiger partial charge is 0.303 e. The predicted molar refractivity (Wildman–Crippen MR) is 144 cm³/mol. The summed E-state index contributed by atoms with van der Waals surface area (Å²) < 4.78 is 10.9. The number of methoxy groups -OCH3 is 2. The molecule has 0 heterocycles. The van der Waals surface area contributed by atoms with Crippen LogP contribution >= 0.6 is 0 Å². The monoisotopic (exact) mass is 486 g/mol. The quantitative estimate of drug-likeness (QED) is 0.293. The summed E-state index contributed by atoms with van der Waals surface area (Å²) in [5.74, 6) is 1.53. The number of aryl methyl sites for hydroxylation is 3. The van der Waals surface area contributed by atoms with Crippen LogP contribution in [0.3, 0.4) is 0 Å². The van der Waals surface area contributed by atoms with E-state index in [1.165, 1.54) is 22.3 Å². The van der Waals surface area contributed by atoms with Gasteiger partial charge in [0.25, 0.3) is 0 Å². The fraction of sp³-hybridized carbons (Fsp3) is 0.406. The third kappa shape index (κ3) is 5.92. The number of benzene rings is 3. The second-order valence-corrected chi connectivity index (χ2v) is 10.2. The van der Waals surface area contributed by atoms with Gasteiger partial charge in [-0.05, 0) is 102 Å². The summed E-state index contributed by atoms with van der Waals surface area (Å²) in [4.78, 5) is 10.8. The normalized spacial score (nSPS) is 18.9. The van der Waals surface area contributed by atoms with E-state index in [1.807, 2.05) is 0 Å². The third-order valence-corrected chi connectivity index (χ3v) is 8.02. The van der Waals surface area contributed by atoms with Gasteiger partial charge in [-0.15, -0.1) is 0 Å². The van der Waals surface area contributed by atoms with Crippen molar-refractivity contribution in [3.05, 3.63) is 94.5 Å². The first-order valence-electron chi connectivity index (χ1n) is 13.0. The molecule has 0 amide bonds. The van der Waals surface area contributed by atoms with Crippen molar-refractivity contribution in [3.8, 4) is 11.5 Å². The van der Waals surface area contributed by atoms with Gasteiger partial charge in [0.1, 0.15) is 11.5 Å². The maximum atomic E-state index is 10.8. The van der Waals surface area contributed by atoms with Gasteiger partial charge in [-0.2, -0.15) is 0 Å². The van der Waals surface area contributed by atoms with Crippen molar-refractivity contribution in [2.24, 2.45) is 0 Å². The minimum absolute atomic E-state index is 0.0691. The molecule has 2 atom stereocenters. The Hall–Kier alpha value is -3.27. The maximum absolute atomic E-state index is 10.8. The van der Waals surface area contributed by atoms with Crippen molar-refractivity contribution < 1.29 is 19.4 Å². The number of hydrogen-bond acceptors (Lipinski definition) is 3. The lowest BCUT2D eigenvalue weighted by molar-refractivity contribution is -0.136. The van der Waals surface area contributed by atoms with Crippen LogP contribution in [0.15, 0.2) is 66.7 Å². The summed E-state index contributed by atoms with van der Waals surface area (Å²) in [5.41, 5.74) is 6.74. The van der Waals surface area contributed by atoms with E-state index in [-0.39, 0.29) is 11.8 Å². The van der Waals surface area contributed by atoms with E-state index >= 15 is 0 Å². The lowest BCUT2D eigenvalue weighted by Crippen LogP contribution is -2.35. The molecule has 0 saturated heterocycles. The average molecular weight is 487 g/mol. The SMILES string of the molecule is COc1ccc(C2(C)CCc3cc(OC)ccc3C2CCCCc2ccc(CCC(=O)O)cc2)cc1. The zero-order valence-corrected chi connectivity index (χ0v) is 21.8. The fourth-order valence-corrected chi connectivity index (χ4v) is 5.77. The summed E-state index contributed by atoms with van der Waals surface area (Å²) in [6.07, 6.45) is 7.41. The second kappa shape index (κ2) is 11.6. The highest BCUT2D eigenvalue weighted by Crippen LogP contribution is 2.50. The summed E-state index contributed by atoms with van der Waals surface area (Å²) in [7, 11) is 3.45. The fourth-order valence-electron chi connectivity index (χ4n) is 5.77. The number of rotatable bonds is 11. The van der Waals surface area contributed by atoms with Crippen LogP contribution in [0.4, 0.5) is 0 Å². The molecule has 0 fully saturated rings. The molecule has 36 heavy (non-hydrogen) atoms. The van der Waals surface area contributed by atoms with Crippen LogP contribution in [0.5, 0.6) is 11.5 Å². The van der Waals surface area contributed by atoms with Crippen molar-refractivity contribution in [1.82, 2.24) is 0 Å². The highest BCUT2D eigenvalue weighted by Gasteiger charge is 2.40. The molecular formula is C32H38O4. The standard InChI is InChI=1S/C32H38O4/c1-32(26-13-15-27(35-2)16-14-26)21-20-25-22-28(36-3)17-18-29(25)30(32)7-5-4-6-23-8-10-24(11-9-23)12-19-31(33)34/h8-11,13-18,22,30H,4-7,12,19-21H2,1-3H3,(H,33,34). The highest BCUT2D eigenvalue weighted by atomic mass is 16.5. The Bertz CT molecular complexity index is 1150. The first-order valence-corrected chi connectivity index (χ1v) is 13.0. The Morgan fingerprint density at radius 1 is 0.889 bits per heavy atom. The molecule has 0 aliphatic heterocycles. The second-order valence-electron chi connectivity index (χ2n) is 10.2. The predicted octanol–water partition coefficient (Wildman–Crippen LogP) is 7.12. The average Bonchev–Trinajstić information content (AvgIpc) is 2.91. The molecule has 3 aromatic carbocycles. The van der Waals surface area contributed by atoms with Gasteiger partial charge in [-0.3, -0.25) is 4.79 Å². The number of carboxylic acids is 1. The molecule has 0 saturated carbocycles. The van der Waals surface area contributed by atoms with Gasteiger partial charge in [-0.1, -0.05) is 55.8 Å². The van der Waals surface area contributed by atoms with Gasteiger partial charge in [0.2, 0.25) is 0 Å². The first kappa shape index (κ1) is 25.8. The number of hydrogen-bond donors (Lipinski definition) is 1. The van der Waals surface area contributed by atoms with Gasteiger partial charge >= 0.3 is 5.97 Å². The summed E-state index contributed by atoms with van der Waals surface area (Å²) >= 11 is 0.